The van der Waals surface area contributed by atoms with E-state index in [-0.39, 0.29) is 5.56 Å². The maximum absolute atomic E-state index is 11.0. The first kappa shape index (κ1) is 15.8. The van der Waals surface area contributed by atoms with Gasteiger partial charge >= 0.3 is 5.97 Å². The van der Waals surface area contributed by atoms with Crippen molar-refractivity contribution in [1.82, 2.24) is 0 Å². The maximum atomic E-state index is 11.0. The number of ether oxygens (including phenoxy) is 2. The van der Waals surface area contributed by atoms with Crippen LogP contribution in [-0.2, 0) is 4.74 Å². The number of aromatic carboxylic acids is 1. The normalized spacial score (nSPS) is 10.4. The Balaban J connectivity index is 2.35. The standard InChI is InChI=1S/C14H19ClO4/c1-2-3-4-7-18-8-9-19-13-6-5-11(15)10-12(13)14(16)17/h5-6,10H,2-4,7-9H2,1H3,(H,16,17). The second-order valence-corrected chi connectivity index (χ2v) is 4.55. The van der Waals surface area contributed by atoms with Gasteiger partial charge in [0.25, 0.3) is 0 Å². The van der Waals surface area contributed by atoms with Gasteiger partial charge in [0.1, 0.15) is 17.9 Å². The Kier molecular flexibility index (Phi) is 7.30. The van der Waals surface area contributed by atoms with E-state index in [2.05, 4.69) is 6.92 Å². The van der Waals surface area contributed by atoms with E-state index in [0.29, 0.717) is 30.6 Å². The fourth-order valence-electron chi connectivity index (χ4n) is 1.56. The van der Waals surface area contributed by atoms with Crippen LogP contribution in [-0.4, -0.2) is 30.9 Å². The van der Waals surface area contributed by atoms with Gasteiger partial charge in [0.05, 0.1) is 6.61 Å². The number of hydrogen-bond acceptors (Lipinski definition) is 3. The van der Waals surface area contributed by atoms with Crippen molar-refractivity contribution in [3.05, 3.63) is 28.8 Å². The van der Waals surface area contributed by atoms with E-state index in [0.717, 1.165) is 19.3 Å². The van der Waals surface area contributed by atoms with Gasteiger partial charge in [0.15, 0.2) is 0 Å². The van der Waals surface area contributed by atoms with Crippen molar-refractivity contribution in [2.75, 3.05) is 19.8 Å². The van der Waals surface area contributed by atoms with Crippen LogP contribution in [0.4, 0.5) is 0 Å². The summed E-state index contributed by atoms with van der Waals surface area (Å²) in [4.78, 5) is 11.0. The lowest BCUT2D eigenvalue weighted by atomic mass is 10.2. The summed E-state index contributed by atoms with van der Waals surface area (Å²) in [6, 6.07) is 4.54. The lowest BCUT2D eigenvalue weighted by Gasteiger charge is -2.09. The van der Waals surface area contributed by atoms with E-state index in [1.807, 2.05) is 0 Å². The monoisotopic (exact) mass is 286 g/mol. The predicted octanol–water partition coefficient (Wildman–Crippen LogP) is 3.62. The minimum absolute atomic E-state index is 0.0680. The van der Waals surface area contributed by atoms with Crippen molar-refractivity contribution in [3.8, 4) is 5.75 Å². The van der Waals surface area contributed by atoms with E-state index in [1.165, 1.54) is 6.07 Å². The van der Waals surface area contributed by atoms with Crippen molar-refractivity contribution in [1.29, 1.82) is 0 Å². The van der Waals surface area contributed by atoms with E-state index in [9.17, 15) is 4.79 Å². The van der Waals surface area contributed by atoms with E-state index in [4.69, 9.17) is 26.2 Å². The molecule has 1 aromatic carbocycles. The van der Waals surface area contributed by atoms with Crippen LogP contribution in [0.1, 0.15) is 36.5 Å². The molecule has 19 heavy (non-hydrogen) atoms. The molecule has 1 N–H and O–H groups in total. The van der Waals surface area contributed by atoms with E-state index >= 15 is 0 Å². The van der Waals surface area contributed by atoms with Gasteiger partial charge < -0.3 is 14.6 Å². The second kappa shape index (κ2) is 8.77. The molecule has 0 aliphatic carbocycles. The minimum Gasteiger partial charge on any atom is -0.490 e. The van der Waals surface area contributed by atoms with Crippen molar-refractivity contribution in [2.45, 2.75) is 26.2 Å². The summed E-state index contributed by atoms with van der Waals surface area (Å²) in [6.45, 7) is 3.63. The molecule has 4 nitrogen and oxygen atoms in total. The van der Waals surface area contributed by atoms with Crippen LogP contribution in [0.5, 0.6) is 5.75 Å². The SMILES string of the molecule is CCCCCOCCOc1ccc(Cl)cc1C(=O)O. The molecule has 0 bridgehead atoms. The van der Waals surface area contributed by atoms with Crippen LogP contribution in [0.3, 0.4) is 0 Å². The summed E-state index contributed by atoms with van der Waals surface area (Å²) in [5, 5.41) is 9.40. The summed E-state index contributed by atoms with van der Waals surface area (Å²) < 4.78 is 10.8. The van der Waals surface area contributed by atoms with E-state index in [1.54, 1.807) is 12.1 Å². The average molecular weight is 287 g/mol. The Bertz CT molecular complexity index is 406. The first-order valence-electron chi connectivity index (χ1n) is 6.38. The summed E-state index contributed by atoms with van der Waals surface area (Å²) >= 11 is 5.75. The van der Waals surface area contributed by atoms with Crippen molar-refractivity contribution in [2.24, 2.45) is 0 Å². The largest absolute Gasteiger partial charge is 0.490 e. The Hall–Kier alpha value is -1.26. The van der Waals surface area contributed by atoms with Crippen LogP contribution in [0, 0.1) is 0 Å². The molecule has 0 saturated carbocycles. The molecule has 0 fully saturated rings. The Morgan fingerprint density at radius 3 is 2.74 bits per heavy atom. The van der Waals surface area contributed by atoms with Gasteiger partial charge in [-0.2, -0.15) is 0 Å². The molecule has 106 valence electrons. The van der Waals surface area contributed by atoms with Crippen LogP contribution >= 0.6 is 11.6 Å². The first-order valence-corrected chi connectivity index (χ1v) is 6.76. The number of carboxylic acid groups (broad SMARTS) is 1. The Morgan fingerprint density at radius 1 is 1.26 bits per heavy atom. The number of benzene rings is 1. The number of unbranched alkanes of at least 4 members (excludes halogenated alkanes) is 2. The zero-order chi connectivity index (χ0) is 14.1. The second-order valence-electron chi connectivity index (χ2n) is 4.11. The molecule has 0 radical (unpaired) electrons. The summed E-state index contributed by atoms with van der Waals surface area (Å²) in [7, 11) is 0. The Labute approximate surface area is 118 Å². The number of halogens is 1. The fourth-order valence-corrected chi connectivity index (χ4v) is 1.73. The van der Waals surface area contributed by atoms with Gasteiger partial charge in [-0.15, -0.1) is 0 Å². The summed E-state index contributed by atoms with van der Waals surface area (Å²) in [6.07, 6.45) is 3.35. The van der Waals surface area contributed by atoms with Gasteiger partial charge in [0.2, 0.25) is 0 Å². The molecule has 0 aliphatic heterocycles. The quantitative estimate of drug-likeness (QED) is 0.704. The number of carboxylic acids is 1. The van der Waals surface area contributed by atoms with Crippen LogP contribution < -0.4 is 4.74 Å². The molecule has 0 saturated heterocycles. The third-order valence-corrected chi connectivity index (χ3v) is 2.78. The van der Waals surface area contributed by atoms with Crippen LogP contribution in [0.25, 0.3) is 0 Å². The van der Waals surface area contributed by atoms with Crippen molar-refractivity contribution in [3.63, 3.8) is 0 Å². The fraction of sp³-hybridized carbons (Fsp3) is 0.500. The van der Waals surface area contributed by atoms with Crippen molar-refractivity contribution >= 4 is 17.6 Å². The van der Waals surface area contributed by atoms with Gasteiger partial charge in [-0.3, -0.25) is 0 Å². The Morgan fingerprint density at radius 2 is 2.05 bits per heavy atom. The molecule has 1 aromatic rings. The topological polar surface area (TPSA) is 55.8 Å². The highest BCUT2D eigenvalue weighted by Gasteiger charge is 2.11. The zero-order valence-electron chi connectivity index (χ0n) is 11.0. The smallest absolute Gasteiger partial charge is 0.339 e. The molecule has 0 spiro atoms. The first-order chi connectivity index (χ1) is 9.15. The summed E-state index contributed by atoms with van der Waals surface area (Å²) in [5.74, 6) is -0.740. The molecule has 0 aliphatic rings. The molecule has 1 rings (SSSR count). The third kappa shape index (κ3) is 5.94. The lowest BCUT2D eigenvalue weighted by Crippen LogP contribution is -2.10. The number of rotatable bonds is 9. The predicted molar refractivity (Wildman–Crippen MR) is 74.3 cm³/mol. The van der Waals surface area contributed by atoms with Gasteiger partial charge in [-0.25, -0.2) is 4.79 Å². The zero-order valence-corrected chi connectivity index (χ0v) is 11.8. The van der Waals surface area contributed by atoms with Gasteiger partial charge in [-0.1, -0.05) is 31.4 Å². The molecule has 0 unspecified atom stereocenters. The molecular formula is C14H19ClO4. The van der Waals surface area contributed by atoms with E-state index < -0.39 is 5.97 Å². The molecule has 0 aromatic heterocycles. The number of carbonyl (C=O) groups is 1. The maximum Gasteiger partial charge on any atom is 0.339 e. The molecule has 0 heterocycles. The van der Waals surface area contributed by atoms with Crippen LogP contribution in [0.15, 0.2) is 18.2 Å². The van der Waals surface area contributed by atoms with Crippen molar-refractivity contribution < 1.29 is 19.4 Å². The average Bonchev–Trinajstić information content (AvgIpc) is 2.39. The molecule has 5 heteroatoms. The highest BCUT2D eigenvalue weighted by molar-refractivity contribution is 6.31. The minimum atomic E-state index is -1.05. The molecule has 0 atom stereocenters. The lowest BCUT2D eigenvalue weighted by molar-refractivity contribution is 0.0684. The molecule has 0 amide bonds. The number of hydrogen-bond donors (Lipinski definition) is 1. The third-order valence-electron chi connectivity index (χ3n) is 2.55. The van der Waals surface area contributed by atoms with Gasteiger partial charge in [0, 0.05) is 11.6 Å². The van der Waals surface area contributed by atoms with Gasteiger partial charge in [-0.05, 0) is 24.6 Å². The highest BCUT2D eigenvalue weighted by atomic mass is 35.5. The van der Waals surface area contributed by atoms with Crippen LogP contribution in [0.2, 0.25) is 5.02 Å². The molecular weight excluding hydrogens is 268 g/mol. The summed E-state index contributed by atoms with van der Waals surface area (Å²) in [5.41, 5.74) is 0.0680. The highest BCUT2D eigenvalue weighted by Crippen LogP contribution is 2.22.